The second-order valence-corrected chi connectivity index (χ2v) is 4.21. The van der Waals surface area contributed by atoms with E-state index in [2.05, 4.69) is 56.9 Å². The van der Waals surface area contributed by atoms with E-state index in [9.17, 15) is 0 Å². The van der Waals surface area contributed by atoms with Gasteiger partial charge in [-0.15, -0.1) is 0 Å². The van der Waals surface area contributed by atoms with E-state index in [-0.39, 0.29) is 0 Å². The normalized spacial score (nSPS) is 10.4. The Kier molecular flexibility index (Phi) is 4.41. The molecule has 1 aromatic rings. The van der Waals surface area contributed by atoms with Gasteiger partial charge in [-0.25, -0.2) is 0 Å². The fourth-order valence-corrected chi connectivity index (χ4v) is 1.37. The summed E-state index contributed by atoms with van der Waals surface area (Å²) in [7, 11) is 0. The van der Waals surface area contributed by atoms with Gasteiger partial charge in [0.1, 0.15) is 0 Å². The van der Waals surface area contributed by atoms with Crippen LogP contribution in [0, 0.1) is 0 Å². The van der Waals surface area contributed by atoms with Crippen LogP contribution in [0.4, 0.5) is 0 Å². The summed E-state index contributed by atoms with van der Waals surface area (Å²) in [5.41, 5.74) is 3.81. The van der Waals surface area contributed by atoms with E-state index >= 15 is 0 Å². The predicted octanol–water partition coefficient (Wildman–Crippen LogP) is 3.82. The van der Waals surface area contributed by atoms with E-state index in [0.29, 0.717) is 5.92 Å². The van der Waals surface area contributed by atoms with Crippen LogP contribution in [-0.4, -0.2) is 0 Å². The number of hydrogen-bond acceptors (Lipinski definition) is 1. The molecule has 0 aromatic heterocycles. The average Bonchev–Trinajstić information content (AvgIpc) is 2.26. The molecule has 0 unspecified atom stereocenters. The van der Waals surface area contributed by atoms with E-state index < -0.39 is 0 Å². The number of nitrogens with one attached hydrogen (secondary N) is 1. The van der Waals surface area contributed by atoms with Crippen molar-refractivity contribution in [2.45, 2.75) is 39.7 Å². The van der Waals surface area contributed by atoms with Crippen molar-refractivity contribution in [3.63, 3.8) is 0 Å². The topological polar surface area (TPSA) is 12.0 Å². The molecule has 1 aromatic carbocycles. The average molecular weight is 203 g/mol. The number of benzene rings is 1. The standard InChI is InChI=1S/C14H21N/c1-5-12(4)15-10-13-6-8-14(9-7-13)11(2)3/h6-9,11,15H,4-5,10H2,1-3H3. The quantitative estimate of drug-likeness (QED) is 0.767. The third-order valence-corrected chi connectivity index (χ3v) is 2.62. The Bertz CT molecular complexity index is 309. The van der Waals surface area contributed by atoms with Gasteiger partial charge < -0.3 is 5.32 Å². The van der Waals surface area contributed by atoms with E-state index in [0.717, 1.165) is 18.7 Å². The van der Waals surface area contributed by atoms with Crippen LogP contribution in [0.25, 0.3) is 0 Å². The van der Waals surface area contributed by atoms with E-state index in [1.165, 1.54) is 11.1 Å². The summed E-state index contributed by atoms with van der Waals surface area (Å²) in [6, 6.07) is 8.78. The summed E-state index contributed by atoms with van der Waals surface area (Å²) in [5.74, 6) is 0.609. The third kappa shape index (κ3) is 3.78. The molecule has 1 nitrogen and oxygen atoms in total. The van der Waals surface area contributed by atoms with Crippen LogP contribution in [0.2, 0.25) is 0 Å². The fourth-order valence-electron chi connectivity index (χ4n) is 1.37. The Morgan fingerprint density at radius 2 is 1.87 bits per heavy atom. The van der Waals surface area contributed by atoms with E-state index in [4.69, 9.17) is 0 Å². The molecule has 0 bridgehead atoms. The van der Waals surface area contributed by atoms with Crippen molar-refractivity contribution < 1.29 is 0 Å². The molecule has 0 heterocycles. The molecule has 15 heavy (non-hydrogen) atoms. The van der Waals surface area contributed by atoms with Crippen LogP contribution in [0.15, 0.2) is 36.5 Å². The maximum absolute atomic E-state index is 3.92. The molecule has 0 amide bonds. The summed E-state index contributed by atoms with van der Waals surface area (Å²) < 4.78 is 0. The molecular formula is C14H21N. The van der Waals surface area contributed by atoms with Gasteiger partial charge in [0.15, 0.2) is 0 Å². The van der Waals surface area contributed by atoms with Crippen molar-refractivity contribution in [3.05, 3.63) is 47.7 Å². The Morgan fingerprint density at radius 3 is 2.33 bits per heavy atom. The van der Waals surface area contributed by atoms with Crippen molar-refractivity contribution in [2.75, 3.05) is 0 Å². The monoisotopic (exact) mass is 203 g/mol. The minimum atomic E-state index is 0.609. The van der Waals surface area contributed by atoms with Crippen LogP contribution in [0.5, 0.6) is 0 Å². The molecule has 0 fully saturated rings. The first-order valence-electron chi connectivity index (χ1n) is 5.64. The maximum Gasteiger partial charge on any atom is 0.0397 e. The van der Waals surface area contributed by atoms with Gasteiger partial charge in [0.2, 0.25) is 0 Å². The van der Waals surface area contributed by atoms with Crippen molar-refractivity contribution in [2.24, 2.45) is 0 Å². The summed E-state index contributed by atoms with van der Waals surface area (Å²) in [4.78, 5) is 0. The van der Waals surface area contributed by atoms with Gasteiger partial charge in [0.25, 0.3) is 0 Å². The molecule has 0 saturated heterocycles. The maximum atomic E-state index is 3.92. The second-order valence-electron chi connectivity index (χ2n) is 4.21. The number of rotatable bonds is 5. The third-order valence-electron chi connectivity index (χ3n) is 2.62. The van der Waals surface area contributed by atoms with Gasteiger partial charge in [0, 0.05) is 12.2 Å². The van der Waals surface area contributed by atoms with Crippen molar-refractivity contribution >= 4 is 0 Å². The van der Waals surface area contributed by atoms with Crippen molar-refractivity contribution in [1.29, 1.82) is 0 Å². The molecule has 0 radical (unpaired) electrons. The molecule has 1 heteroatoms. The highest BCUT2D eigenvalue weighted by Crippen LogP contribution is 2.14. The highest BCUT2D eigenvalue weighted by molar-refractivity contribution is 5.24. The van der Waals surface area contributed by atoms with Crippen LogP contribution < -0.4 is 5.32 Å². The zero-order valence-corrected chi connectivity index (χ0v) is 10.0. The van der Waals surface area contributed by atoms with Crippen LogP contribution >= 0.6 is 0 Å². The molecule has 82 valence electrons. The Hall–Kier alpha value is -1.24. The Balaban J connectivity index is 2.53. The fraction of sp³-hybridized carbons (Fsp3) is 0.429. The lowest BCUT2D eigenvalue weighted by Gasteiger charge is -2.09. The predicted molar refractivity (Wildman–Crippen MR) is 66.8 cm³/mol. The summed E-state index contributed by atoms with van der Waals surface area (Å²) in [6.45, 7) is 11.3. The van der Waals surface area contributed by atoms with Gasteiger partial charge in [-0.3, -0.25) is 0 Å². The highest BCUT2D eigenvalue weighted by Gasteiger charge is 1.98. The van der Waals surface area contributed by atoms with Gasteiger partial charge in [-0.1, -0.05) is 51.6 Å². The van der Waals surface area contributed by atoms with E-state index in [1.807, 2.05) is 0 Å². The van der Waals surface area contributed by atoms with Crippen LogP contribution in [0.1, 0.15) is 44.2 Å². The molecule has 1 rings (SSSR count). The van der Waals surface area contributed by atoms with Gasteiger partial charge in [0.05, 0.1) is 0 Å². The van der Waals surface area contributed by atoms with Crippen LogP contribution in [-0.2, 0) is 6.54 Å². The van der Waals surface area contributed by atoms with Gasteiger partial charge in [-0.05, 0) is 23.5 Å². The van der Waals surface area contributed by atoms with Gasteiger partial charge >= 0.3 is 0 Å². The molecule has 0 atom stereocenters. The lowest BCUT2D eigenvalue weighted by molar-refractivity contribution is 0.775. The summed E-state index contributed by atoms with van der Waals surface area (Å²) >= 11 is 0. The SMILES string of the molecule is C=C(CC)NCc1ccc(C(C)C)cc1. The number of allylic oxidation sites excluding steroid dienone is 1. The van der Waals surface area contributed by atoms with Crippen LogP contribution in [0.3, 0.4) is 0 Å². The largest absolute Gasteiger partial charge is 0.385 e. The Morgan fingerprint density at radius 1 is 1.27 bits per heavy atom. The molecule has 0 aliphatic heterocycles. The minimum absolute atomic E-state index is 0.609. The van der Waals surface area contributed by atoms with Crippen molar-refractivity contribution in [3.8, 4) is 0 Å². The molecular weight excluding hydrogens is 182 g/mol. The van der Waals surface area contributed by atoms with Gasteiger partial charge in [-0.2, -0.15) is 0 Å². The van der Waals surface area contributed by atoms with Crippen molar-refractivity contribution in [1.82, 2.24) is 5.32 Å². The molecule has 0 aliphatic rings. The minimum Gasteiger partial charge on any atom is -0.385 e. The first-order valence-corrected chi connectivity index (χ1v) is 5.64. The molecule has 0 aliphatic carbocycles. The zero-order chi connectivity index (χ0) is 11.3. The summed E-state index contributed by atoms with van der Waals surface area (Å²) in [5, 5.41) is 3.30. The zero-order valence-electron chi connectivity index (χ0n) is 10.0. The summed E-state index contributed by atoms with van der Waals surface area (Å²) in [6.07, 6.45) is 0.990. The lowest BCUT2D eigenvalue weighted by Crippen LogP contribution is -2.10. The second kappa shape index (κ2) is 5.59. The number of hydrogen-bond donors (Lipinski definition) is 1. The van der Waals surface area contributed by atoms with E-state index in [1.54, 1.807) is 0 Å². The highest BCUT2D eigenvalue weighted by atomic mass is 14.9. The molecule has 0 spiro atoms. The first kappa shape index (κ1) is 11.8. The lowest BCUT2D eigenvalue weighted by atomic mass is 10.0. The molecule has 0 saturated carbocycles. The first-order chi connectivity index (χ1) is 7.13. The Labute approximate surface area is 93.2 Å². The smallest absolute Gasteiger partial charge is 0.0397 e. The molecule has 1 N–H and O–H groups in total.